The van der Waals surface area contributed by atoms with E-state index >= 15 is 0 Å². The molecule has 2 amide bonds. The molecule has 1 N–H and O–H groups in total. The Morgan fingerprint density at radius 2 is 1.76 bits per heavy atom. The number of hydrogen-bond donors (Lipinski definition) is 1. The number of aryl methyl sites for hydroxylation is 1. The molecule has 10 heteroatoms. The number of likely N-dealkylation sites (tertiary alicyclic amines) is 1. The number of rotatable bonds is 8. The van der Waals surface area contributed by atoms with Crippen molar-refractivity contribution in [2.24, 2.45) is 5.92 Å². The number of halogens is 3. The lowest BCUT2D eigenvalue weighted by Gasteiger charge is -2.38. The molecule has 1 heterocycles. The summed E-state index contributed by atoms with van der Waals surface area (Å²) in [6.07, 6.45) is -0.515. The molecule has 2 aromatic carbocycles. The van der Waals surface area contributed by atoms with E-state index in [-0.39, 0.29) is 43.4 Å². The molecular weight excluding hydrogens is 537 g/mol. The van der Waals surface area contributed by atoms with Crippen LogP contribution in [0.1, 0.15) is 54.1 Å². The molecule has 1 aliphatic heterocycles. The Hall–Kier alpha value is -3.53. The van der Waals surface area contributed by atoms with Crippen LogP contribution in [0.4, 0.5) is 13.2 Å². The first-order valence-corrected chi connectivity index (χ1v) is 13.8. The average molecular weight is 575 g/mol. The highest BCUT2D eigenvalue weighted by atomic mass is 19.4. The lowest BCUT2D eigenvalue weighted by atomic mass is 9.83. The monoisotopic (exact) mass is 574 g/mol. The minimum atomic E-state index is -5.20. The Bertz CT molecular complexity index is 1290. The largest absolute Gasteiger partial charge is 0.494 e. The van der Waals surface area contributed by atoms with Crippen molar-refractivity contribution in [1.29, 1.82) is 0 Å². The van der Waals surface area contributed by atoms with Crippen LogP contribution in [0.3, 0.4) is 0 Å². The van der Waals surface area contributed by atoms with E-state index in [2.05, 4.69) is 6.08 Å². The fourth-order valence-corrected chi connectivity index (χ4v) is 5.34. The first-order valence-electron chi connectivity index (χ1n) is 13.8. The smallest absolute Gasteiger partial charge is 0.430 e. The number of benzene rings is 2. The van der Waals surface area contributed by atoms with Gasteiger partial charge in [-0.1, -0.05) is 23.8 Å². The molecule has 4 rings (SSSR count). The van der Waals surface area contributed by atoms with E-state index in [9.17, 15) is 27.9 Å². The van der Waals surface area contributed by atoms with Gasteiger partial charge in [-0.05, 0) is 68.5 Å². The Balaban J connectivity index is 1.33. The minimum Gasteiger partial charge on any atom is -0.494 e. The molecule has 1 saturated heterocycles. The lowest BCUT2D eigenvalue weighted by molar-refractivity contribution is -0.262. The minimum absolute atomic E-state index is 0.0203. The van der Waals surface area contributed by atoms with E-state index in [1.807, 2.05) is 13.0 Å². The summed E-state index contributed by atoms with van der Waals surface area (Å²) in [5.74, 6) is -0.434. The first-order chi connectivity index (χ1) is 19.3. The molecule has 2 aliphatic rings. The highest BCUT2D eigenvalue weighted by Crippen LogP contribution is 2.42. The Morgan fingerprint density at radius 3 is 2.34 bits per heavy atom. The van der Waals surface area contributed by atoms with Gasteiger partial charge in [0.1, 0.15) is 17.6 Å². The van der Waals surface area contributed by atoms with Crippen LogP contribution < -0.4 is 9.47 Å². The fraction of sp³-hybridized carbons (Fsp3) is 0.484. The van der Waals surface area contributed by atoms with Crippen molar-refractivity contribution in [3.05, 3.63) is 70.8 Å². The second-order valence-electron chi connectivity index (χ2n) is 10.9. The summed E-state index contributed by atoms with van der Waals surface area (Å²) >= 11 is 0. The van der Waals surface area contributed by atoms with E-state index < -0.39 is 23.2 Å². The molecule has 1 saturated carbocycles. The Kier molecular flexibility index (Phi) is 9.01. The summed E-state index contributed by atoms with van der Waals surface area (Å²) in [6.45, 7) is 4.05. The molecule has 1 aliphatic carbocycles. The van der Waals surface area contributed by atoms with Gasteiger partial charge in [0.25, 0.3) is 17.4 Å². The Labute approximate surface area is 238 Å². The van der Waals surface area contributed by atoms with Crippen LogP contribution in [-0.4, -0.2) is 72.8 Å². The molecular formula is C31H37F3N2O5. The first kappa shape index (κ1) is 30.4. The third-order valence-corrected chi connectivity index (χ3v) is 7.70. The van der Waals surface area contributed by atoms with E-state index in [1.54, 1.807) is 33.2 Å². The molecule has 7 nitrogen and oxygen atoms in total. The van der Waals surface area contributed by atoms with Crippen LogP contribution >= 0.6 is 0 Å². The van der Waals surface area contributed by atoms with Gasteiger partial charge in [-0.3, -0.25) is 9.59 Å². The fourth-order valence-electron chi connectivity index (χ4n) is 5.34. The van der Waals surface area contributed by atoms with Crippen molar-refractivity contribution in [1.82, 2.24) is 9.80 Å². The number of alkyl halides is 3. The molecule has 0 spiro atoms. The summed E-state index contributed by atoms with van der Waals surface area (Å²) in [5, 5.41) is 10.8. The molecule has 0 radical (unpaired) electrons. The zero-order valence-corrected chi connectivity index (χ0v) is 23.8. The maximum absolute atomic E-state index is 14.1. The molecule has 0 bridgehead atoms. The third kappa shape index (κ3) is 6.53. The molecule has 1 atom stereocenters. The molecule has 222 valence electrons. The summed E-state index contributed by atoms with van der Waals surface area (Å²) in [7, 11) is 3.42. The van der Waals surface area contributed by atoms with Crippen LogP contribution in [0.2, 0.25) is 0 Å². The number of allylic oxidation sites excluding steroid dienone is 1. The number of aliphatic hydroxyl groups is 1. The molecule has 2 aromatic rings. The van der Waals surface area contributed by atoms with Gasteiger partial charge in [0.2, 0.25) is 0 Å². The van der Waals surface area contributed by atoms with Gasteiger partial charge >= 0.3 is 6.18 Å². The van der Waals surface area contributed by atoms with Gasteiger partial charge in [0, 0.05) is 51.2 Å². The van der Waals surface area contributed by atoms with Crippen molar-refractivity contribution in [2.45, 2.75) is 57.4 Å². The average Bonchev–Trinajstić information content (AvgIpc) is 2.90. The van der Waals surface area contributed by atoms with Crippen molar-refractivity contribution >= 4 is 11.8 Å². The standard InChI is InChI=1S/C31H37F3N2O5/c1-5-40-24-8-6-7-23(19-24)30(39,31(32,33)34)29(38)36-13-11-21(12-14-36)16-22-17-26(18-22)41-25-9-10-27(20(2)15-25)28(37)35(3)4/h6-10,15-16,19,21,26,39H,5,11-14,17-18H2,1-4H3/t26?,30-/m1/s1. The predicted octanol–water partition coefficient (Wildman–Crippen LogP) is 5.25. The van der Waals surface area contributed by atoms with Crippen LogP contribution in [0.15, 0.2) is 54.1 Å². The lowest BCUT2D eigenvalue weighted by Crippen LogP contribution is -2.57. The quantitative estimate of drug-likeness (QED) is 0.436. The van der Waals surface area contributed by atoms with Crippen LogP contribution in [-0.2, 0) is 10.4 Å². The number of amides is 2. The van der Waals surface area contributed by atoms with E-state index in [0.717, 1.165) is 35.4 Å². The van der Waals surface area contributed by atoms with Gasteiger partial charge in [-0.25, -0.2) is 0 Å². The number of nitrogens with zero attached hydrogens (tertiary/aromatic N) is 2. The van der Waals surface area contributed by atoms with Gasteiger partial charge in [-0.15, -0.1) is 0 Å². The predicted molar refractivity (Wildman–Crippen MR) is 148 cm³/mol. The topological polar surface area (TPSA) is 79.3 Å². The second kappa shape index (κ2) is 12.1. The van der Waals surface area contributed by atoms with Crippen LogP contribution in [0, 0.1) is 12.8 Å². The summed E-state index contributed by atoms with van der Waals surface area (Å²) in [6, 6.07) is 10.4. The normalized spacial score (nSPS) is 19.2. The van der Waals surface area contributed by atoms with Gasteiger partial charge in [0.15, 0.2) is 0 Å². The maximum Gasteiger partial charge on any atom is 0.430 e. The van der Waals surface area contributed by atoms with E-state index in [0.29, 0.717) is 24.2 Å². The summed E-state index contributed by atoms with van der Waals surface area (Å²) in [5.41, 5.74) is -1.51. The maximum atomic E-state index is 14.1. The number of hydrogen-bond acceptors (Lipinski definition) is 5. The van der Waals surface area contributed by atoms with Gasteiger partial charge in [0.05, 0.1) is 6.61 Å². The highest BCUT2D eigenvalue weighted by molar-refractivity contribution is 5.95. The van der Waals surface area contributed by atoms with Gasteiger partial charge < -0.3 is 24.4 Å². The number of piperidine rings is 1. The number of carbonyl (C=O) groups is 2. The third-order valence-electron chi connectivity index (χ3n) is 7.70. The van der Waals surface area contributed by atoms with Crippen LogP contribution in [0.5, 0.6) is 11.5 Å². The molecule has 2 fully saturated rings. The van der Waals surface area contributed by atoms with Crippen molar-refractivity contribution in [3.63, 3.8) is 0 Å². The van der Waals surface area contributed by atoms with Crippen molar-refractivity contribution in [3.8, 4) is 11.5 Å². The number of ether oxygens (including phenoxy) is 2. The Morgan fingerprint density at radius 1 is 1.07 bits per heavy atom. The van der Waals surface area contributed by atoms with Crippen molar-refractivity contribution in [2.75, 3.05) is 33.8 Å². The van der Waals surface area contributed by atoms with Crippen LogP contribution in [0.25, 0.3) is 0 Å². The second-order valence-corrected chi connectivity index (χ2v) is 10.9. The zero-order chi connectivity index (χ0) is 29.9. The van der Waals surface area contributed by atoms with Crippen molar-refractivity contribution < 1.29 is 37.3 Å². The molecule has 41 heavy (non-hydrogen) atoms. The van der Waals surface area contributed by atoms with Gasteiger partial charge in [-0.2, -0.15) is 13.2 Å². The summed E-state index contributed by atoms with van der Waals surface area (Å²) < 4.78 is 53.8. The number of carbonyl (C=O) groups excluding carboxylic acids is 2. The highest BCUT2D eigenvalue weighted by Gasteiger charge is 2.62. The van der Waals surface area contributed by atoms with E-state index in [4.69, 9.17) is 9.47 Å². The zero-order valence-electron chi connectivity index (χ0n) is 23.8. The SMILES string of the molecule is CCOc1cccc([C@@](O)(C(=O)N2CCC(C=C3CC(Oc4ccc(C(=O)N(C)C)c(C)c4)C3)CC2)C(F)(F)F)c1. The molecule has 0 unspecified atom stereocenters. The molecule has 0 aromatic heterocycles. The summed E-state index contributed by atoms with van der Waals surface area (Å²) in [4.78, 5) is 28.0. The van der Waals surface area contributed by atoms with E-state index in [1.165, 1.54) is 22.6 Å².